The van der Waals surface area contributed by atoms with Gasteiger partial charge in [-0.2, -0.15) is 0 Å². The molecule has 94 valence electrons. The normalized spacial score (nSPS) is 16.9. The Labute approximate surface area is 105 Å². The topological polar surface area (TPSA) is 40.7 Å². The largest absolute Gasteiger partial charge is 0.348 e. The number of rotatable bonds is 2. The minimum Gasteiger partial charge on any atom is -0.348 e. The molecule has 1 saturated heterocycles. The first-order chi connectivity index (χ1) is 8.86. The van der Waals surface area contributed by atoms with Crippen molar-refractivity contribution < 1.29 is 4.39 Å². The minimum absolute atomic E-state index is 0.209. The van der Waals surface area contributed by atoms with Gasteiger partial charge in [0.05, 0.1) is 12.0 Å². The molecule has 1 fully saturated rings. The van der Waals surface area contributed by atoms with Gasteiger partial charge in [0, 0.05) is 17.2 Å². The zero-order valence-electron chi connectivity index (χ0n) is 10.1. The number of H-pyrrole nitrogens is 1. The predicted molar refractivity (Wildman–Crippen MR) is 68.8 cm³/mol. The quantitative estimate of drug-likeness (QED) is 0.854. The molecule has 0 amide bonds. The van der Waals surface area contributed by atoms with Crippen LogP contribution in [0.3, 0.4) is 0 Å². The molecule has 0 spiro atoms. The second-order valence-corrected chi connectivity index (χ2v) is 4.67. The average Bonchev–Trinajstić information content (AvgIpc) is 2.89. The number of halogens is 1. The van der Waals surface area contributed by atoms with Crippen LogP contribution >= 0.6 is 0 Å². The Morgan fingerprint density at radius 3 is 2.72 bits per heavy atom. The maximum absolute atomic E-state index is 13.8. The van der Waals surface area contributed by atoms with E-state index in [2.05, 4.69) is 15.3 Å². The fourth-order valence-corrected chi connectivity index (χ4v) is 2.59. The van der Waals surface area contributed by atoms with E-state index in [1.165, 1.54) is 6.07 Å². The summed E-state index contributed by atoms with van der Waals surface area (Å²) < 4.78 is 13.8. The SMILES string of the molecule is Fc1ccccc1-c1nc[nH]c1C1CCNCC1. The monoisotopic (exact) mass is 245 g/mol. The van der Waals surface area contributed by atoms with Crippen LogP contribution in [0.1, 0.15) is 24.5 Å². The third-order valence-corrected chi connectivity index (χ3v) is 3.55. The summed E-state index contributed by atoms with van der Waals surface area (Å²) in [4.78, 5) is 7.50. The van der Waals surface area contributed by atoms with Gasteiger partial charge >= 0.3 is 0 Å². The highest BCUT2D eigenvalue weighted by molar-refractivity contribution is 5.63. The van der Waals surface area contributed by atoms with Crippen LogP contribution in [0.5, 0.6) is 0 Å². The molecular weight excluding hydrogens is 229 g/mol. The molecule has 0 bridgehead atoms. The smallest absolute Gasteiger partial charge is 0.132 e. The third-order valence-electron chi connectivity index (χ3n) is 3.55. The predicted octanol–water partition coefficient (Wildman–Crippen LogP) is 2.68. The molecule has 0 atom stereocenters. The van der Waals surface area contributed by atoms with Crippen LogP contribution in [0.25, 0.3) is 11.3 Å². The molecule has 0 unspecified atom stereocenters. The van der Waals surface area contributed by atoms with Gasteiger partial charge in [-0.3, -0.25) is 0 Å². The molecular formula is C14H16FN3. The van der Waals surface area contributed by atoms with E-state index in [1.807, 2.05) is 6.07 Å². The molecule has 0 aliphatic carbocycles. The third kappa shape index (κ3) is 2.04. The molecule has 1 aliphatic rings. The molecule has 18 heavy (non-hydrogen) atoms. The fourth-order valence-electron chi connectivity index (χ4n) is 2.59. The summed E-state index contributed by atoms with van der Waals surface area (Å²) in [7, 11) is 0. The molecule has 3 nitrogen and oxygen atoms in total. The van der Waals surface area contributed by atoms with Crippen LogP contribution in [-0.2, 0) is 0 Å². The van der Waals surface area contributed by atoms with Crippen molar-refractivity contribution in [2.24, 2.45) is 0 Å². The number of nitrogens with one attached hydrogen (secondary N) is 2. The van der Waals surface area contributed by atoms with Gasteiger partial charge in [-0.25, -0.2) is 9.37 Å². The molecule has 1 aromatic carbocycles. The van der Waals surface area contributed by atoms with Gasteiger partial charge < -0.3 is 10.3 Å². The van der Waals surface area contributed by atoms with Crippen molar-refractivity contribution in [3.63, 3.8) is 0 Å². The van der Waals surface area contributed by atoms with E-state index in [0.29, 0.717) is 11.5 Å². The average molecular weight is 245 g/mol. The lowest BCUT2D eigenvalue weighted by molar-refractivity contribution is 0.455. The zero-order chi connectivity index (χ0) is 12.4. The summed E-state index contributed by atoms with van der Waals surface area (Å²) in [5.74, 6) is 0.239. The summed E-state index contributed by atoms with van der Waals surface area (Å²) in [6, 6.07) is 6.82. The number of hydrogen-bond donors (Lipinski definition) is 2. The molecule has 2 heterocycles. The van der Waals surface area contributed by atoms with Crippen LogP contribution < -0.4 is 5.32 Å². The summed E-state index contributed by atoms with van der Waals surface area (Å²) >= 11 is 0. The second-order valence-electron chi connectivity index (χ2n) is 4.67. The Kier molecular flexibility index (Phi) is 3.11. The van der Waals surface area contributed by atoms with Crippen molar-refractivity contribution in [2.75, 3.05) is 13.1 Å². The summed E-state index contributed by atoms with van der Waals surface area (Å²) in [6.45, 7) is 2.03. The van der Waals surface area contributed by atoms with Crippen molar-refractivity contribution in [1.29, 1.82) is 0 Å². The van der Waals surface area contributed by atoms with Crippen molar-refractivity contribution in [3.05, 3.63) is 42.1 Å². The first-order valence-corrected chi connectivity index (χ1v) is 6.35. The highest BCUT2D eigenvalue weighted by atomic mass is 19.1. The van der Waals surface area contributed by atoms with Crippen molar-refractivity contribution in [2.45, 2.75) is 18.8 Å². The summed E-state index contributed by atoms with van der Waals surface area (Å²) in [5.41, 5.74) is 2.42. The second kappa shape index (κ2) is 4.90. The van der Waals surface area contributed by atoms with E-state index in [0.717, 1.165) is 37.3 Å². The lowest BCUT2D eigenvalue weighted by Crippen LogP contribution is -2.27. The van der Waals surface area contributed by atoms with E-state index >= 15 is 0 Å². The number of hydrogen-bond acceptors (Lipinski definition) is 2. The van der Waals surface area contributed by atoms with Gasteiger partial charge in [0.2, 0.25) is 0 Å². The maximum atomic E-state index is 13.8. The summed E-state index contributed by atoms with van der Waals surface area (Å²) in [5, 5.41) is 3.34. The lowest BCUT2D eigenvalue weighted by atomic mass is 9.91. The van der Waals surface area contributed by atoms with Gasteiger partial charge in [0.1, 0.15) is 5.82 Å². The van der Waals surface area contributed by atoms with Crippen molar-refractivity contribution >= 4 is 0 Å². The van der Waals surface area contributed by atoms with Crippen LogP contribution in [-0.4, -0.2) is 23.1 Å². The maximum Gasteiger partial charge on any atom is 0.132 e. The first-order valence-electron chi connectivity index (χ1n) is 6.35. The van der Waals surface area contributed by atoms with E-state index < -0.39 is 0 Å². The number of benzene rings is 1. The molecule has 2 aromatic rings. The number of aromatic nitrogens is 2. The van der Waals surface area contributed by atoms with Crippen LogP contribution in [0, 0.1) is 5.82 Å². The molecule has 0 radical (unpaired) electrons. The van der Waals surface area contributed by atoms with Crippen molar-refractivity contribution in [3.8, 4) is 11.3 Å². The zero-order valence-corrected chi connectivity index (χ0v) is 10.1. The van der Waals surface area contributed by atoms with Gasteiger partial charge in [-0.15, -0.1) is 0 Å². The number of aromatic amines is 1. The fraction of sp³-hybridized carbons (Fsp3) is 0.357. The molecule has 1 aromatic heterocycles. The van der Waals surface area contributed by atoms with Crippen LogP contribution in [0.15, 0.2) is 30.6 Å². The standard InChI is InChI=1S/C14H16FN3/c15-12-4-2-1-3-11(12)14-13(17-9-18-14)10-5-7-16-8-6-10/h1-4,9-10,16H,5-8H2,(H,17,18). The Bertz CT molecular complexity index is 529. The summed E-state index contributed by atoms with van der Waals surface area (Å²) in [6.07, 6.45) is 3.81. The van der Waals surface area contributed by atoms with Crippen molar-refractivity contribution in [1.82, 2.24) is 15.3 Å². The molecule has 4 heteroatoms. The Balaban J connectivity index is 1.98. The molecule has 3 rings (SSSR count). The van der Waals surface area contributed by atoms with Crippen LogP contribution in [0.4, 0.5) is 4.39 Å². The van der Waals surface area contributed by atoms with E-state index in [9.17, 15) is 4.39 Å². The van der Waals surface area contributed by atoms with E-state index in [-0.39, 0.29) is 5.82 Å². The molecule has 1 aliphatic heterocycles. The Morgan fingerprint density at radius 2 is 1.94 bits per heavy atom. The number of piperidine rings is 1. The van der Waals surface area contributed by atoms with Crippen LogP contribution in [0.2, 0.25) is 0 Å². The van der Waals surface area contributed by atoms with E-state index in [1.54, 1.807) is 18.5 Å². The highest BCUT2D eigenvalue weighted by Crippen LogP contribution is 2.32. The highest BCUT2D eigenvalue weighted by Gasteiger charge is 2.22. The number of imidazole rings is 1. The lowest BCUT2D eigenvalue weighted by Gasteiger charge is -2.22. The first kappa shape index (κ1) is 11.4. The Hall–Kier alpha value is -1.68. The van der Waals surface area contributed by atoms with Gasteiger partial charge in [0.25, 0.3) is 0 Å². The minimum atomic E-state index is -0.209. The van der Waals surface area contributed by atoms with Gasteiger partial charge in [-0.1, -0.05) is 12.1 Å². The van der Waals surface area contributed by atoms with Gasteiger partial charge in [-0.05, 0) is 38.1 Å². The number of nitrogens with zero attached hydrogens (tertiary/aromatic N) is 1. The molecule has 2 N–H and O–H groups in total. The van der Waals surface area contributed by atoms with Gasteiger partial charge in [0.15, 0.2) is 0 Å². The molecule has 0 saturated carbocycles. The Morgan fingerprint density at radius 1 is 1.17 bits per heavy atom. The van der Waals surface area contributed by atoms with E-state index in [4.69, 9.17) is 0 Å².